The Morgan fingerprint density at radius 1 is 1.21 bits per heavy atom. The van der Waals surface area contributed by atoms with E-state index in [4.69, 9.17) is 28.3 Å². The van der Waals surface area contributed by atoms with Gasteiger partial charge in [0, 0.05) is 16.1 Å². The minimum atomic E-state index is -0.322. The number of aliphatic hydroxyl groups excluding tert-OH is 1. The molecule has 0 aromatic heterocycles. The Bertz CT molecular complexity index is 420. The molecular weight excluding hydrogens is 287 g/mol. The van der Waals surface area contributed by atoms with Gasteiger partial charge < -0.3 is 15.7 Å². The van der Waals surface area contributed by atoms with Crippen LogP contribution in [0.5, 0.6) is 0 Å². The summed E-state index contributed by atoms with van der Waals surface area (Å²) in [5.41, 5.74) is 0.814. The van der Waals surface area contributed by atoms with Crippen molar-refractivity contribution in [3.8, 4) is 0 Å². The van der Waals surface area contributed by atoms with Gasteiger partial charge in [0.2, 0.25) is 0 Å². The number of carbonyl (C=O) groups is 1. The molecule has 1 rings (SSSR count). The number of hydrogen-bond acceptors (Lipinski definition) is 2. The third-order valence-electron chi connectivity index (χ3n) is 2.60. The quantitative estimate of drug-likeness (QED) is 0.783. The van der Waals surface area contributed by atoms with Crippen LogP contribution in [0.1, 0.15) is 19.4 Å². The summed E-state index contributed by atoms with van der Waals surface area (Å²) in [7, 11) is 0. The summed E-state index contributed by atoms with van der Waals surface area (Å²) in [5, 5.41) is 15.4. The fourth-order valence-electron chi connectivity index (χ4n) is 1.62. The van der Waals surface area contributed by atoms with Crippen molar-refractivity contribution in [1.82, 2.24) is 10.6 Å². The van der Waals surface area contributed by atoms with Gasteiger partial charge in [-0.2, -0.15) is 0 Å². The topological polar surface area (TPSA) is 61.4 Å². The number of carbonyl (C=O) groups excluding carboxylic acids is 1. The predicted octanol–water partition coefficient (Wildman–Crippen LogP) is 2.60. The molecule has 2 unspecified atom stereocenters. The molecule has 0 aliphatic rings. The van der Waals surface area contributed by atoms with Gasteiger partial charge in [-0.1, -0.05) is 29.3 Å². The second-order valence-electron chi connectivity index (χ2n) is 4.51. The first-order chi connectivity index (χ1) is 8.93. The SMILES string of the molecule is CC(CO)NC(=O)NC(C)Cc1c(Cl)cccc1Cl. The Morgan fingerprint density at radius 2 is 1.74 bits per heavy atom. The summed E-state index contributed by atoms with van der Waals surface area (Å²) in [6.45, 7) is 3.48. The van der Waals surface area contributed by atoms with E-state index in [1.54, 1.807) is 25.1 Å². The number of amides is 2. The van der Waals surface area contributed by atoms with Crippen LogP contribution >= 0.6 is 23.2 Å². The molecule has 0 aliphatic carbocycles. The van der Waals surface area contributed by atoms with Crippen molar-refractivity contribution in [3.05, 3.63) is 33.8 Å². The lowest BCUT2D eigenvalue weighted by atomic mass is 10.1. The highest BCUT2D eigenvalue weighted by atomic mass is 35.5. The van der Waals surface area contributed by atoms with Crippen LogP contribution in [0.2, 0.25) is 10.0 Å². The Balaban J connectivity index is 2.56. The van der Waals surface area contributed by atoms with E-state index in [2.05, 4.69) is 10.6 Å². The molecule has 0 radical (unpaired) electrons. The van der Waals surface area contributed by atoms with Gasteiger partial charge in [0.15, 0.2) is 0 Å². The maximum Gasteiger partial charge on any atom is 0.315 e. The normalized spacial score (nSPS) is 13.7. The van der Waals surface area contributed by atoms with Gasteiger partial charge in [-0.3, -0.25) is 0 Å². The molecule has 0 heterocycles. The summed E-state index contributed by atoms with van der Waals surface area (Å²) >= 11 is 12.1. The Labute approximate surface area is 123 Å². The van der Waals surface area contributed by atoms with Crippen molar-refractivity contribution < 1.29 is 9.90 Å². The molecule has 3 N–H and O–H groups in total. The first-order valence-corrected chi connectivity index (χ1v) is 6.80. The molecule has 19 heavy (non-hydrogen) atoms. The van der Waals surface area contributed by atoms with Crippen LogP contribution in [-0.2, 0) is 6.42 Å². The van der Waals surface area contributed by atoms with E-state index < -0.39 is 0 Å². The molecule has 1 aromatic carbocycles. The Morgan fingerprint density at radius 3 is 2.26 bits per heavy atom. The van der Waals surface area contributed by atoms with E-state index in [1.807, 2.05) is 6.92 Å². The van der Waals surface area contributed by atoms with Crippen LogP contribution in [-0.4, -0.2) is 29.8 Å². The van der Waals surface area contributed by atoms with E-state index in [0.717, 1.165) is 5.56 Å². The summed E-state index contributed by atoms with van der Waals surface area (Å²) in [6, 6.07) is 4.59. The number of halogens is 2. The third kappa shape index (κ3) is 5.27. The molecule has 0 saturated carbocycles. The van der Waals surface area contributed by atoms with Crippen LogP contribution in [0.3, 0.4) is 0 Å². The molecular formula is C13H18Cl2N2O2. The lowest BCUT2D eigenvalue weighted by molar-refractivity contribution is 0.218. The second kappa shape index (κ2) is 7.58. The molecule has 0 aliphatic heterocycles. The van der Waals surface area contributed by atoms with Crippen LogP contribution < -0.4 is 10.6 Å². The third-order valence-corrected chi connectivity index (χ3v) is 3.31. The number of urea groups is 1. The lowest BCUT2D eigenvalue weighted by Crippen LogP contribution is -2.46. The molecule has 0 spiro atoms. The van der Waals surface area contributed by atoms with Gasteiger partial charge in [0.05, 0.1) is 12.6 Å². The average Bonchev–Trinajstić information content (AvgIpc) is 2.33. The monoisotopic (exact) mass is 304 g/mol. The highest BCUT2D eigenvalue weighted by molar-refractivity contribution is 6.36. The van der Waals surface area contributed by atoms with Crippen molar-refractivity contribution in [2.75, 3.05) is 6.61 Å². The Hall–Kier alpha value is -0.970. The van der Waals surface area contributed by atoms with Crippen LogP contribution in [0.15, 0.2) is 18.2 Å². The minimum absolute atomic E-state index is 0.0991. The van der Waals surface area contributed by atoms with Gasteiger partial charge in [-0.25, -0.2) is 4.79 Å². The standard InChI is InChI=1S/C13H18Cl2N2O2/c1-8(16-13(19)17-9(2)7-18)6-10-11(14)4-3-5-12(10)15/h3-5,8-9,18H,6-7H2,1-2H3,(H2,16,17,19). The number of hydrogen-bond donors (Lipinski definition) is 3. The Kier molecular flexibility index (Phi) is 6.42. The van der Waals surface area contributed by atoms with E-state index in [9.17, 15) is 4.79 Å². The molecule has 4 nitrogen and oxygen atoms in total. The summed E-state index contributed by atoms with van der Waals surface area (Å²) in [4.78, 5) is 11.6. The molecule has 2 amide bonds. The van der Waals surface area contributed by atoms with Crippen molar-refractivity contribution in [1.29, 1.82) is 0 Å². The number of benzene rings is 1. The molecule has 106 valence electrons. The van der Waals surface area contributed by atoms with Crippen molar-refractivity contribution in [2.24, 2.45) is 0 Å². The van der Waals surface area contributed by atoms with E-state index in [0.29, 0.717) is 16.5 Å². The van der Waals surface area contributed by atoms with Crippen molar-refractivity contribution in [2.45, 2.75) is 32.4 Å². The molecule has 6 heteroatoms. The zero-order valence-electron chi connectivity index (χ0n) is 10.9. The molecule has 1 aromatic rings. The number of aliphatic hydroxyl groups is 1. The van der Waals surface area contributed by atoms with E-state index in [-0.39, 0.29) is 24.7 Å². The maximum absolute atomic E-state index is 11.6. The fourth-order valence-corrected chi connectivity index (χ4v) is 2.17. The zero-order chi connectivity index (χ0) is 14.4. The largest absolute Gasteiger partial charge is 0.394 e. The number of nitrogens with one attached hydrogen (secondary N) is 2. The molecule has 0 saturated heterocycles. The van der Waals surface area contributed by atoms with Gasteiger partial charge in [0.25, 0.3) is 0 Å². The smallest absolute Gasteiger partial charge is 0.315 e. The molecule has 2 atom stereocenters. The van der Waals surface area contributed by atoms with Crippen LogP contribution in [0.4, 0.5) is 4.79 Å². The highest BCUT2D eigenvalue weighted by Crippen LogP contribution is 2.25. The summed E-state index contributed by atoms with van der Waals surface area (Å²) < 4.78 is 0. The van der Waals surface area contributed by atoms with Crippen LogP contribution in [0.25, 0.3) is 0 Å². The van der Waals surface area contributed by atoms with Crippen molar-refractivity contribution in [3.63, 3.8) is 0 Å². The zero-order valence-corrected chi connectivity index (χ0v) is 12.4. The second-order valence-corrected chi connectivity index (χ2v) is 5.32. The van der Waals surface area contributed by atoms with Gasteiger partial charge in [-0.05, 0) is 38.0 Å². The van der Waals surface area contributed by atoms with E-state index in [1.165, 1.54) is 0 Å². The molecule has 0 fully saturated rings. The van der Waals surface area contributed by atoms with Gasteiger partial charge in [-0.15, -0.1) is 0 Å². The summed E-state index contributed by atoms with van der Waals surface area (Å²) in [5.74, 6) is 0. The minimum Gasteiger partial charge on any atom is -0.394 e. The molecule has 0 bridgehead atoms. The average molecular weight is 305 g/mol. The van der Waals surface area contributed by atoms with Crippen LogP contribution in [0, 0.1) is 0 Å². The maximum atomic E-state index is 11.6. The number of rotatable bonds is 5. The van der Waals surface area contributed by atoms with Crippen molar-refractivity contribution >= 4 is 29.2 Å². The first-order valence-electron chi connectivity index (χ1n) is 6.04. The lowest BCUT2D eigenvalue weighted by Gasteiger charge is -2.18. The predicted molar refractivity (Wildman–Crippen MR) is 77.8 cm³/mol. The fraction of sp³-hybridized carbons (Fsp3) is 0.462. The first kappa shape index (κ1) is 16.1. The van der Waals surface area contributed by atoms with E-state index >= 15 is 0 Å². The summed E-state index contributed by atoms with van der Waals surface area (Å²) in [6.07, 6.45) is 0.541. The van der Waals surface area contributed by atoms with Gasteiger partial charge >= 0.3 is 6.03 Å². The highest BCUT2D eigenvalue weighted by Gasteiger charge is 2.13. The van der Waals surface area contributed by atoms with Gasteiger partial charge in [0.1, 0.15) is 0 Å².